The zero-order valence-corrected chi connectivity index (χ0v) is 9.37. The number of aromatic carboxylic acids is 1. The van der Waals surface area contributed by atoms with Crippen LogP contribution in [0, 0.1) is 0 Å². The Kier molecular flexibility index (Phi) is 3.38. The summed E-state index contributed by atoms with van der Waals surface area (Å²) in [6.45, 7) is 0. The third-order valence-electron chi connectivity index (χ3n) is 2.33. The highest BCUT2D eigenvalue weighted by molar-refractivity contribution is 5.87. The van der Waals surface area contributed by atoms with Gasteiger partial charge in [0.1, 0.15) is 17.8 Å². The fourth-order valence-corrected chi connectivity index (χ4v) is 1.45. The van der Waals surface area contributed by atoms with E-state index in [0.29, 0.717) is 17.1 Å². The van der Waals surface area contributed by atoms with Gasteiger partial charge in [0.25, 0.3) is 0 Å². The van der Waals surface area contributed by atoms with E-state index in [1.807, 2.05) is 0 Å². The van der Waals surface area contributed by atoms with Crippen LogP contribution in [0.2, 0.25) is 0 Å². The number of rotatable bonds is 4. The van der Waals surface area contributed by atoms with Gasteiger partial charge in [-0.2, -0.15) is 0 Å². The zero-order valence-electron chi connectivity index (χ0n) is 9.37. The molecule has 0 amide bonds. The number of carboxylic acids is 1. The molecule has 4 nitrogen and oxygen atoms in total. The molecule has 90 valence electrons. The molecule has 0 aromatic heterocycles. The van der Waals surface area contributed by atoms with E-state index in [-0.39, 0.29) is 5.56 Å². The highest BCUT2D eigenvalue weighted by Crippen LogP contribution is 2.22. The monoisotopic (exact) mass is 242 g/mol. The second kappa shape index (κ2) is 5.14. The summed E-state index contributed by atoms with van der Waals surface area (Å²) in [7, 11) is 0. The molecule has 18 heavy (non-hydrogen) atoms. The summed E-state index contributed by atoms with van der Waals surface area (Å²) in [4.78, 5) is 21.3. The van der Waals surface area contributed by atoms with E-state index < -0.39 is 5.97 Å². The van der Waals surface area contributed by atoms with Crippen LogP contribution in [-0.2, 0) is 0 Å². The Bertz CT molecular complexity index is 573. The van der Waals surface area contributed by atoms with Gasteiger partial charge in [0.2, 0.25) is 0 Å². The van der Waals surface area contributed by atoms with Gasteiger partial charge in [-0.25, -0.2) is 4.79 Å². The molecular weight excluding hydrogens is 232 g/mol. The number of carbonyl (C=O) groups is 2. The summed E-state index contributed by atoms with van der Waals surface area (Å²) in [6.07, 6.45) is 0.736. The van der Waals surface area contributed by atoms with Crippen LogP contribution in [0.5, 0.6) is 11.5 Å². The van der Waals surface area contributed by atoms with Gasteiger partial charge < -0.3 is 9.84 Å². The van der Waals surface area contributed by atoms with E-state index in [1.165, 1.54) is 12.1 Å². The number of benzene rings is 2. The number of ether oxygens (including phenoxy) is 1. The standard InChI is InChI=1S/C14H10O4/c15-9-10-2-1-3-13(8-10)18-12-6-4-11(5-7-12)14(16)17/h1-9H,(H,16,17). The Hall–Kier alpha value is -2.62. The first-order valence-electron chi connectivity index (χ1n) is 5.25. The molecule has 2 aromatic carbocycles. The summed E-state index contributed by atoms with van der Waals surface area (Å²) in [5.41, 5.74) is 0.721. The van der Waals surface area contributed by atoms with Crippen molar-refractivity contribution in [1.82, 2.24) is 0 Å². The Labute approximate surface area is 103 Å². The quantitative estimate of drug-likeness (QED) is 0.837. The number of carbonyl (C=O) groups excluding carboxylic acids is 1. The van der Waals surface area contributed by atoms with E-state index in [0.717, 1.165) is 6.29 Å². The summed E-state index contributed by atoms with van der Waals surface area (Å²) in [6, 6.07) is 12.8. The van der Waals surface area contributed by atoms with Gasteiger partial charge in [0.05, 0.1) is 5.56 Å². The lowest BCUT2D eigenvalue weighted by Crippen LogP contribution is -1.95. The Morgan fingerprint density at radius 2 is 1.78 bits per heavy atom. The minimum absolute atomic E-state index is 0.198. The van der Waals surface area contributed by atoms with Crippen molar-refractivity contribution in [2.75, 3.05) is 0 Å². The summed E-state index contributed by atoms with van der Waals surface area (Å²) in [5, 5.41) is 8.75. The number of carboxylic acid groups (broad SMARTS) is 1. The van der Waals surface area contributed by atoms with Crippen LogP contribution in [0.4, 0.5) is 0 Å². The molecule has 0 saturated heterocycles. The predicted octanol–water partition coefficient (Wildman–Crippen LogP) is 2.99. The van der Waals surface area contributed by atoms with E-state index in [2.05, 4.69) is 0 Å². The fraction of sp³-hybridized carbons (Fsp3) is 0. The smallest absolute Gasteiger partial charge is 0.335 e. The van der Waals surface area contributed by atoms with Crippen molar-refractivity contribution in [2.24, 2.45) is 0 Å². The molecule has 0 radical (unpaired) electrons. The largest absolute Gasteiger partial charge is 0.478 e. The van der Waals surface area contributed by atoms with Gasteiger partial charge >= 0.3 is 5.97 Å². The van der Waals surface area contributed by atoms with Crippen molar-refractivity contribution in [1.29, 1.82) is 0 Å². The number of hydrogen-bond acceptors (Lipinski definition) is 3. The highest BCUT2D eigenvalue weighted by Gasteiger charge is 2.03. The van der Waals surface area contributed by atoms with Crippen molar-refractivity contribution in [3.8, 4) is 11.5 Å². The molecule has 0 heterocycles. The normalized spacial score (nSPS) is 9.78. The molecule has 0 fully saturated rings. The Morgan fingerprint density at radius 3 is 2.39 bits per heavy atom. The zero-order chi connectivity index (χ0) is 13.0. The van der Waals surface area contributed by atoms with Crippen LogP contribution in [0.3, 0.4) is 0 Å². The van der Waals surface area contributed by atoms with Crippen molar-refractivity contribution in [3.63, 3.8) is 0 Å². The first-order chi connectivity index (χ1) is 8.69. The molecule has 0 aliphatic rings. The minimum Gasteiger partial charge on any atom is -0.478 e. The third-order valence-corrected chi connectivity index (χ3v) is 2.33. The summed E-state index contributed by atoms with van der Waals surface area (Å²) in [5.74, 6) is 0.0650. The van der Waals surface area contributed by atoms with Crippen LogP contribution in [-0.4, -0.2) is 17.4 Å². The molecule has 4 heteroatoms. The molecule has 0 atom stereocenters. The lowest BCUT2D eigenvalue weighted by Gasteiger charge is -2.06. The van der Waals surface area contributed by atoms with Crippen LogP contribution < -0.4 is 4.74 Å². The molecule has 1 N–H and O–H groups in total. The first kappa shape index (κ1) is 11.9. The molecule has 0 aliphatic heterocycles. The highest BCUT2D eigenvalue weighted by atomic mass is 16.5. The molecule has 2 aromatic rings. The van der Waals surface area contributed by atoms with Gasteiger partial charge in [-0.15, -0.1) is 0 Å². The number of hydrogen-bond donors (Lipinski definition) is 1. The van der Waals surface area contributed by atoms with Crippen molar-refractivity contribution in [2.45, 2.75) is 0 Å². The summed E-state index contributed by atoms with van der Waals surface area (Å²) < 4.78 is 5.50. The second-order valence-electron chi connectivity index (χ2n) is 3.62. The minimum atomic E-state index is -0.982. The maximum Gasteiger partial charge on any atom is 0.335 e. The fourth-order valence-electron chi connectivity index (χ4n) is 1.45. The molecule has 0 saturated carbocycles. The van der Waals surface area contributed by atoms with Crippen LogP contribution in [0.25, 0.3) is 0 Å². The second-order valence-corrected chi connectivity index (χ2v) is 3.62. The molecule has 0 unspecified atom stereocenters. The number of aldehydes is 1. The van der Waals surface area contributed by atoms with Gasteiger partial charge in [-0.1, -0.05) is 12.1 Å². The van der Waals surface area contributed by atoms with Crippen LogP contribution in [0.1, 0.15) is 20.7 Å². The molecule has 0 spiro atoms. The van der Waals surface area contributed by atoms with Crippen LogP contribution >= 0.6 is 0 Å². The van der Waals surface area contributed by atoms with Crippen molar-refractivity contribution < 1.29 is 19.4 Å². The average molecular weight is 242 g/mol. The third kappa shape index (κ3) is 2.74. The molecular formula is C14H10O4. The Balaban J connectivity index is 2.17. The van der Waals surface area contributed by atoms with E-state index in [9.17, 15) is 9.59 Å². The maximum atomic E-state index is 10.7. The lowest BCUT2D eigenvalue weighted by atomic mass is 10.2. The van der Waals surface area contributed by atoms with E-state index in [1.54, 1.807) is 36.4 Å². The van der Waals surface area contributed by atoms with E-state index in [4.69, 9.17) is 9.84 Å². The van der Waals surface area contributed by atoms with Gasteiger partial charge in [0.15, 0.2) is 0 Å². The molecule has 0 aliphatic carbocycles. The van der Waals surface area contributed by atoms with Gasteiger partial charge in [-0.3, -0.25) is 4.79 Å². The van der Waals surface area contributed by atoms with Gasteiger partial charge in [0, 0.05) is 5.56 Å². The lowest BCUT2D eigenvalue weighted by molar-refractivity contribution is 0.0696. The van der Waals surface area contributed by atoms with Crippen molar-refractivity contribution >= 4 is 12.3 Å². The SMILES string of the molecule is O=Cc1cccc(Oc2ccc(C(=O)O)cc2)c1. The maximum absolute atomic E-state index is 10.7. The first-order valence-corrected chi connectivity index (χ1v) is 5.25. The predicted molar refractivity (Wildman–Crippen MR) is 65.3 cm³/mol. The van der Waals surface area contributed by atoms with Gasteiger partial charge in [-0.05, 0) is 36.4 Å². The molecule has 0 bridgehead atoms. The summed E-state index contributed by atoms with van der Waals surface area (Å²) >= 11 is 0. The topological polar surface area (TPSA) is 63.6 Å². The molecule has 2 rings (SSSR count). The van der Waals surface area contributed by atoms with Crippen molar-refractivity contribution in [3.05, 3.63) is 59.7 Å². The van der Waals surface area contributed by atoms with E-state index >= 15 is 0 Å². The van der Waals surface area contributed by atoms with Crippen LogP contribution in [0.15, 0.2) is 48.5 Å². The Morgan fingerprint density at radius 1 is 1.06 bits per heavy atom. The average Bonchev–Trinajstić information content (AvgIpc) is 2.39.